The topological polar surface area (TPSA) is 39.2 Å². The van der Waals surface area contributed by atoms with Gasteiger partial charge in [0.25, 0.3) is 0 Å². The van der Waals surface area contributed by atoms with E-state index in [1.54, 1.807) is 24.5 Å². The summed E-state index contributed by atoms with van der Waals surface area (Å²) < 4.78 is 5.55. The molecule has 0 spiro atoms. The fourth-order valence-electron chi connectivity index (χ4n) is 1.80. The molecule has 0 unspecified atom stereocenters. The van der Waals surface area contributed by atoms with E-state index < -0.39 is 0 Å². The lowest BCUT2D eigenvalue weighted by Crippen LogP contribution is -2.06. The van der Waals surface area contributed by atoms with Gasteiger partial charge in [0, 0.05) is 23.5 Å². The van der Waals surface area contributed by atoms with E-state index >= 15 is 0 Å². The lowest BCUT2D eigenvalue weighted by molar-refractivity contribution is 0.103. The number of nitrogens with zero attached hydrogens (tertiary/aromatic N) is 1. The molecule has 2 rings (SSSR count). The van der Waals surface area contributed by atoms with Crippen molar-refractivity contribution in [3.63, 3.8) is 0 Å². The Labute approximate surface area is 113 Å². The minimum absolute atomic E-state index is 0.0210. The molecule has 3 heteroatoms. The molecule has 0 aliphatic rings. The van der Waals surface area contributed by atoms with Gasteiger partial charge in [0.2, 0.25) is 0 Å². The van der Waals surface area contributed by atoms with Gasteiger partial charge in [-0.1, -0.05) is 0 Å². The van der Waals surface area contributed by atoms with Crippen molar-refractivity contribution < 1.29 is 9.53 Å². The van der Waals surface area contributed by atoms with Crippen LogP contribution in [0.15, 0.2) is 42.7 Å². The van der Waals surface area contributed by atoms with Gasteiger partial charge in [-0.2, -0.15) is 0 Å². The van der Waals surface area contributed by atoms with E-state index in [1.807, 2.05) is 39.0 Å². The van der Waals surface area contributed by atoms with E-state index in [1.165, 1.54) is 0 Å². The Kier molecular flexibility index (Phi) is 3.95. The fraction of sp³-hybridized carbons (Fsp3) is 0.250. The van der Waals surface area contributed by atoms with Crippen LogP contribution in [0.5, 0.6) is 5.75 Å². The summed E-state index contributed by atoms with van der Waals surface area (Å²) >= 11 is 0. The summed E-state index contributed by atoms with van der Waals surface area (Å²) in [5.74, 6) is 0.751. The average molecular weight is 255 g/mol. The fourth-order valence-corrected chi connectivity index (χ4v) is 1.80. The van der Waals surface area contributed by atoms with Gasteiger partial charge < -0.3 is 4.74 Å². The maximum absolute atomic E-state index is 12.3. The van der Waals surface area contributed by atoms with Crippen LogP contribution in [0.4, 0.5) is 0 Å². The second-order valence-electron chi connectivity index (χ2n) is 4.77. The first-order valence-electron chi connectivity index (χ1n) is 6.29. The summed E-state index contributed by atoms with van der Waals surface area (Å²) in [4.78, 5) is 16.3. The zero-order chi connectivity index (χ0) is 13.8. The zero-order valence-electron chi connectivity index (χ0n) is 11.4. The van der Waals surface area contributed by atoms with Crippen LogP contribution in [-0.2, 0) is 0 Å². The van der Waals surface area contributed by atoms with E-state index in [0.717, 1.165) is 11.3 Å². The Morgan fingerprint density at radius 1 is 1.11 bits per heavy atom. The Morgan fingerprint density at radius 3 is 2.37 bits per heavy atom. The lowest BCUT2D eigenvalue weighted by atomic mass is 10.0. The SMILES string of the molecule is Cc1cncc(C(=O)c2ccc(OC(C)C)cc2)c1. The number of benzene rings is 1. The molecule has 0 aliphatic carbocycles. The van der Waals surface area contributed by atoms with Crippen molar-refractivity contribution in [2.45, 2.75) is 26.9 Å². The normalized spacial score (nSPS) is 10.5. The van der Waals surface area contributed by atoms with E-state index in [9.17, 15) is 4.79 Å². The maximum Gasteiger partial charge on any atom is 0.194 e. The van der Waals surface area contributed by atoms with Crippen molar-refractivity contribution in [3.05, 3.63) is 59.4 Å². The minimum Gasteiger partial charge on any atom is -0.491 e. The molecule has 1 aromatic carbocycles. The number of hydrogen-bond acceptors (Lipinski definition) is 3. The molecule has 0 fully saturated rings. The Morgan fingerprint density at radius 2 is 1.79 bits per heavy atom. The second-order valence-corrected chi connectivity index (χ2v) is 4.77. The molecule has 0 aliphatic heterocycles. The van der Waals surface area contributed by atoms with Gasteiger partial charge in [-0.25, -0.2) is 0 Å². The molecule has 0 atom stereocenters. The number of rotatable bonds is 4. The van der Waals surface area contributed by atoms with Crippen molar-refractivity contribution in [2.24, 2.45) is 0 Å². The molecule has 0 radical (unpaired) electrons. The first-order chi connectivity index (χ1) is 9.06. The summed E-state index contributed by atoms with van der Waals surface area (Å²) in [6.07, 6.45) is 3.45. The van der Waals surface area contributed by atoms with Crippen LogP contribution in [-0.4, -0.2) is 16.9 Å². The average Bonchev–Trinajstić information content (AvgIpc) is 2.38. The first kappa shape index (κ1) is 13.3. The Hall–Kier alpha value is -2.16. The van der Waals surface area contributed by atoms with Gasteiger partial charge in [0.15, 0.2) is 5.78 Å². The maximum atomic E-state index is 12.3. The number of aromatic nitrogens is 1. The van der Waals surface area contributed by atoms with Crippen molar-refractivity contribution in [2.75, 3.05) is 0 Å². The van der Waals surface area contributed by atoms with E-state index in [-0.39, 0.29) is 11.9 Å². The third-order valence-corrected chi connectivity index (χ3v) is 2.63. The van der Waals surface area contributed by atoms with Gasteiger partial charge in [-0.05, 0) is 56.7 Å². The highest BCUT2D eigenvalue weighted by Gasteiger charge is 2.09. The predicted molar refractivity (Wildman–Crippen MR) is 74.6 cm³/mol. The number of carbonyl (C=O) groups excluding carboxylic acids is 1. The van der Waals surface area contributed by atoms with Crippen molar-refractivity contribution in [1.82, 2.24) is 4.98 Å². The van der Waals surface area contributed by atoms with Crippen LogP contribution in [0.1, 0.15) is 35.3 Å². The van der Waals surface area contributed by atoms with Crippen LogP contribution in [0.2, 0.25) is 0 Å². The molecule has 0 N–H and O–H groups in total. The summed E-state index contributed by atoms with van der Waals surface area (Å²) in [6, 6.07) is 9.03. The van der Waals surface area contributed by atoms with Crippen molar-refractivity contribution in [1.29, 1.82) is 0 Å². The molecule has 98 valence electrons. The summed E-state index contributed by atoms with van der Waals surface area (Å²) in [5.41, 5.74) is 2.23. The molecule has 3 nitrogen and oxygen atoms in total. The van der Waals surface area contributed by atoms with Gasteiger partial charge in [-0.3, -0.25) is 9.78 Å². The third-order valence-electron chi connectivity index (χ3n) is 2.63. The van der Waals surface area contributed by atoms with Crippen LogP contribution >= 0.6 is 0 Å². The molecule has 0 amide bonds. The number of aryl methyl sites for hydroxylation is 1. The minimum atomic E-state index is -0.0210. The largest absolute Gasteiger partial charge is 0.491 e. The van der Waals surface area contributed by atoms with E-state index in [2.05, 4.69) is 4.98 Å². The second kappa shape index (κ2) is 5.65. The van der Waals surface area contributed by atoms with Gasteiger partial charge in [0.05, 0.1) is 6.10 Å². The summed E-state index contributed by atoms with van der Waals surface area (Å²) in [6.45, 7) is 5.86. The number of carbonyl (C=O) groups is 1. The Bertz CT molecular complexity index is 574. The lowest BCUT2D eigenvalue weighted by Gasteiger charge is -2.09. The number of ether oxygens (including phenoxy) is 1. The van der Waals surface area contributed by atoms with Crippen LogP contribution in [0.3, 0.4) is 0 Å². The molecule has 0 bridgehead atoms. The highest BCUT2D eigenvalue weighted by molar-refractivity contribution is 6.08. The summed E-state index contributed by atoms with van der Waals surface area (Å²) in [7, 11) is 0. The molecular formula is C16H17NO2. The first-order valence-corrected chi connectivity index (χ1v) is 6.29. The Balaban J connectivity index is 2.20. The number of pyridine rings is 1. The zero-order valence-corrected chi connectivity index (χ0v) is 11.4. The predicted octanol–water partition coefficient (Wildman–Crippen LogP) is 3.41. The molecular weight excluding hydrogens is 238 g/mol. The van der Waals surface area contributed by atoms with E-state index in [4.69, 9.17) is 4.74 Å². The third kappa shape index (κ3) is 3.41. The highest BCUT2D eigenvalue weighted by atomic mass is 16.5. The van der Waals surface area contributed by atoms with Crippen molar-refractivity contribution >= 4 is 5.78 Å². The summed E-state index contributed by atoms with van der Waals surface area (Å²) in [5, 5.41) is 0. The highest BCUT2D eigenvalue weighted by Crippen LogP contribution is 2.16. The van der Waals surface area contributed by atoms with E-state index in [0.29, 0.717) is 11.1 Å². The number of hydrogen-bond donors (Lipinski definition) is 0. The van der Waals surface area contributed by atoms with Crippen molar-refractivity contribution in [3.8, 4) is 5.75 Å². The smallest absolute Gasteiger partial charge is 0.194 e. The standard InChI is InChI=1S/C16H17NO2/c1-11(2)19-15-6-4-13(5-7-15)16(18)14-8-12(3)9-17-10-14/h4-11H,1-3H3. The molecule has 2 aromatic rings. The van der Waals surface area contributed by atoms with Crippen LogP contribution in [0.25, 0.3) is 0 Å². The van der Waals surface area contributed by atoms with Gasteiger partial charge >= 0.3 is 0 Å². The molecule has 19 heavy (non-hydrogen) atoms. The van der Waals surface area contributed by atoms with Crippen LogP contribution < -0.4 is 4.74 Å². The number of ketones is 1. The molecule has 1 aromatic heterocycles. The molecule has 0 saturated carbocycles. The quantitative estimate of drug-likeness (QED) is 0.786. The van der Waals surface area contributed by atoms with Crippen LogP contribution in [0, 0.1) is 6.92 Å². The van der Waals surface area contributed by atoms with Gasteiger partial charge in [-0.15, -0.1) is 0 Å². The van der Waals surface area contributed by atoms with Gasteiger partial charge in [0.1, 0.15) is 5.75 Å². The molecule has 0 saturated heterocycles. The monoisotopic (exact) mass is 255 g/mol. The molecule has 1 heterocycles.